The van der Waals surface area contributed by atoms with E-state index in [0.717, 1.165) is 25.8 Å². The zero-order valence-electron chi connectivity index (χ0n) is 22.5. The van der Waals surface area contributed by atoms with Crippen molar-refractivity contribution in [3.8, 4) is 5.75 Å². The number of carbonyl (C=O) groups is 3. The van der Waals surface area contributed by atoms with Crippen molar-refractivity contribution < 1.29 is 23.9 Å². The van der Waals surface area contributed by atoms with Gasteiger partial charge in [0.2, 0.25) is 11.8 Å². The number of hydrogen-bond acceptors (Lipinski definition) is 6. The molecular weight excluding hydrogens is 458 g/mol. The van der Waals surface area contributed by atoms with Crippen molar-refractivity contribution in [2.45, 2.75) is 65.5 Å². The first-order valence-corrected chi connectivity index (χ1v) is 13.3. The van der Waals surface area contributed by atoms with E-state index >= 15 is 0 Å². The van der Waals surface area contributed by atoms with E-state index in [-0.39, 0.29) is 23.8 Å². The molecule has 8 nitrogen and oxygen atoms in total. The third-order valence-corrected chi connectivity index (χ3v) is 7.07. The minimum Gasteiger partial charge on any atom is -0.493 e. The SMILES string of the molecule is COC(=O)c1ccc(OCC2CCN(C(=O)[C@H](CC(C)C)N3CCN[C@@H](CC(C)C)C3=O)CC2)cc1. The molecule has 3 rings (SSSR count). The smallest absolute Gasteiger partial charge is 0.337 e. The topological polar surface area (TPSA) is 88.2 Å². The fourth-order valence-corrected chi connectivity index (χ4v) is 5.08. The Balaban J connectivity index is 1.55. The number of hydrogen-bond donors (Lipinski definition) is 1. The number of ether oxygens (including phenoxy) is 2. The first-order chi connectivity index (χ1) is 17.2. The minimum absolute atomic E-state index is 0.0652. The molecule has 8 heteroatoms. The van der Waals surface area contributed by atoms with E-state index in [9.17, 15) is 14.4 Å². The van der Waals surface area contributed by atoms with Crippen LogP contribution < -0.4 is 10.1 Å². The van der Waals surface area contributed by atoms with E-state index in [1.807, 2.05) is 9.80 Å². The van der Waals surface area contributed by atoms with Gasteiger partial charge in [-0.2, -0.15) is 0 Å². The number of amides is 2. The number of nitrogens with zero attached hydrogens (tertiary/aromatic N) is 2. The van der Waals surface area contributed by atoms with E-state index < -0.39 is 6.04 Å². The van der Waals surface area contributed by atoms with E-state index in [2.05, 4.69) is 33.0 Å². The number of carbonyl (C=O) groups excluding carboxylic acids is 3. The molecule has 0 radical (unpaired) electrons. The maximum absolute atomic E-state index is 13.6. The zero-order chi connectivity index (χ0) is 26.2. The fourth-order valence-electron chi connectivity index (χ4n) is 5.08. The molecule has 2 fully saturated rings. The number of rotatable bonds is 10. The lowest BCUT2D eigenvalue weighted by Gasteiger charge is -2.42. The molecule has 1 N–H and O–H groups in total. The molecule has 36 heavy (non-hydrogen) atoms. The second-order valence-electron chi connectivity index (χ2n) is 10.9. The molecule has 2 aliphatic heterocycles. The van der Waals surface area contributed by atoms with Gasteiger partial charge >= 0.3 is 5.97 Å². The van der Waals surface area contributed by atoms with Crippen molar-refractivity contribution in [3.63, 3.8) is 0 Å². The van der Waals surface area contributed by atoms with Crippen LogP contribution in [-0.4, -0.2) is 79.6 Å². The number of methoxy groups -OCH3 is 1. The molecule has 2 atom stereocenters. The molecule has 0 saturated carbocycles. The van der Waals surface area contributed by atoms with Gasteiger partial charge < -0.3 is 24.6 Å². The standard InChI is InChI=1S/C28H43N3O5/c1-19(2)16-24-26(32)31(15-12-29-24)25(17-20(3)4)27(33)30-13-10-21(11-14-30)18-36-23-8-6-22(7-9-23)28(34)35-5/h6-9,19-21,24-25,29H,10-18H2,1-5H3/t24-,25-/m0/s1. The van der Waals surface area contributed by atoms with Crippen molar-refractivity contribution in [2.24, 2.45) is 17.8 Å². The first-order valence-electron chi connectivity index (χ1n) is 13.3. The minimum atomic E-state index is -0.393. The number of esters is 1. The van der Waals surface area contributed by atoms with Gasteiger partial charge in [-0.15, -0.1) is 0 Å². The molecule has 2 aliphatic rings. The molecule has 2 heterocycles. The largest absolute Gasteiger partial charge is 0.493 e. The predicted molar refractivity (Wildman–Crippen MR) is 139 cm³/mol. The van der Waals surface area contributed by atoms with Crippen LogP contribution in [0.3, 0.4) is 0 Å². The van der Waals surface area contributed by atoms with Crippen molar-refractivity contribution in [2.75, 3.05) is 39.9 Å². The Labute approximate surface area is 215 Å². The summed E-state index contributed by atoms with van der Waals surface area (Å²) in [5.74, 6) is 1.59. The molecule has 0 spiro atoms. The molecule has 1 aromatic carbocycles. The second-order valence-corrected chi connectivity index (χ2v) is 10.9. The number of benzene rings is 1. The molecule has 0 bridgehead atoms. The van der Waals surface area contributed by atoms with Gasteiger partial charge in [0, 0.05) is 26.2 Å². The van der Waals surface area contributed by atoms with Crippen LogP contribution in [-0.2, 0) is 14.3 Å². The highest BCUT2D eigenvalue weighted by Crippen LogP contribution is 2.24. The van der Waals surface area contributed by atoms with Gasteiger partial charge in [0.15, 0.2) is 0 Å². The summed E-state index contributed by atoms with van der Waals surface area (Å²) < 4.78 is 10.7. The van der Waals surface area contributed by atoms with Crippen LogP contribution in [0.25, 0.3) is 0 Å². The van der Waals surface area contributed by atoms with Gasteiger partial charge in [0.25, 0.3) is 0 Å². The quantitative estimate of drug-likeness (QED) is 0.495. The van der Waals surface area contributed by atoms with Crippen LogP contribution >= 0.6 is 0 Å². The number of piperidine rings is 1. The van der Waals surface area contributed by atoms with Crippen molar-refractivity contribution >= 4 is 17.8 Å². The summed E-state index contributed by atoms with van der Waals surface area (Å²) >= 11 is 0. The summed E-state index contributed by atoms with van der Waals surface area (Å²) in [7, 11) is 1.36. The van der Waals surface area contributed by atoms with Gasteiger partial charge in [-0.3, -0.25) is 9.59 Å². The fraction of sp³-hybridized carbons (Fsp3) is 0.679. The third kappa shape index (κ3) is 7.45. The van der Waals surface area contributed by atoms with Crippen molar-refractivity contribution in [1.29, 1.82) is 0 Å². The van der Waals surface area contributed by atoms with E-state index in [0.29, 0.717) is 61.7 Å². The van der Waals surface area contributed by atoms with Gasteiger partial charge in [-0.05, 0) is 67.7 Å². The summed E-state index contributed by atoms with van der Waals surface area (Å²) in [4.78, 5) is 42.3. The molecule has 0 aliphatic carbocycles. The first kappa shape index (κ1) is 28.0. The van der Waals surface area contributed by atoms with Gasteiger partial charge in [0.05, 0.1) is 25.3 Å². The molecule has 2 saturated heterocycles. The van der Waals surface area contributed by atoms with Gasteiger partial charge in [-0.1, -0.05) is 27.7 Å². The molecule has 1 aromatic rings. The van der Waals surface area contributed by atoms with Gasteiger partial charge in [0.1, 0.15) is 11.8 Å². The summed E-state index contributed by atoms with van der Waals surface area (Å²) in [6.45, 7) is 11.7. The van der Waals surface area contributed by atoms with E-state index in [4.69, 9.17) is 9.47 Å². The number of piperazine rings is 1. The second kappa shape index (κ2) is 13.1. The van der Waals surface area contributed by atoms with E-state index in [1.165, 1.54) is 7.11 Å². The molecule has 0 aromatic heterocycles. The maximum Gasteiger partial charge on any atom is 0.337 e. The molecule has 200 valence electrons. The maximum atomic E-state index is 13.6. The highest BCUT2D eigenvalue weighted by atomic mass is 16.5. The average Bonchev–Trinajstić information content (AvgIpc) is 2.87. The van der Waals surface area contributed by atoms with Gasteiger partial charge in [-0.25, -0.2) is 4.79 Å². The monoisotopic (exact) mass is 501 g/mol. The molecular formula is C28H43N3O5. The summed E-state index contributed by atoms with van der Waals surface area (Å²) in [6, 6.07) is 6.35. The summed E-state index contributed by atoms with van der Waals surface area (Å²) in [6.07, 6.45) is 3.20. The van der Waals surface area contributed by atoms with Crippen LogP contribution in [0.2, 0.25) is 0 Å². The molecule has 0 unspecified atom stereocenters. The Hall–Kier alpha value is -2.61. The van der Waals surface area contributed by atoms with Crippen LogP contribution in [0.15, 0.2) is 24.3 Å². The lowest BCUT2D eigenvalue weighted by molar-refractivity contribution is -0.150. The Morgan fingerprint density at radius 3 is 2.28 bits per heavy atom. The summed E-state index contributed by atoms with van der Waals surface area (Å²) in [5, 5.41) is 3.35. The Morgan fingerprint density at radius 1 is 1.03 bits per heavy atom. The third-order valence-electron chi connectivity index (χ3n) is 7.07. The van der Waals surface area contributed by atoms with Crippen LogP contribution in [0, 0.1) is 17.8 Å². The molecule has 2 amide bonds. The normalized spacial score (nSPS) is 20.1. The highest BCUT2D eigenvalue weighted by molar-refractivity contribution is 5.90. The Kier molecular flexibility index (Phi) is 10.2. The van der Waals surface area contributed by atoms with E-state index in [1.54, 1.807) is 24.3 Å². The van der Waals surface area contributed by atoms with Crippen LogP contribution in [0.4, 0.5) is 0 Å². The van der Waals surface area contributed by atoms with Crippen LogP contribution in [0.1, 0.15) is 63.7 Å². The lowest BCUT2D eigenvalue weighted by atomic mass is 9.94. The Morgan fingerprint density at radius 2 is 1.69 bits per heavy atom. The number of nitrogens with one attached hydrogen (secondary N) is 1. The zero-order valence-corrected chi connectivity index (χ0v) is 22.5. The Bertz CT molecular complexity index is 878. The van der Waals surface area contributed by atoms with Crippen LogP contribution in [0.5, 0.6) is 5.75 Å². The average molecular weight is 502 g/mol. The highest BCUT2D eigenvalue weighted by Gasteiger charge is 2.39. The number of likely N-dealkylation sites (tertiary alicyclic amines) is 1. The summed E-state index contributed by atoms with van der Waals surface area (Å²) in [5.41, 5.74) is 0.492. The predicted octanol–water partition coefficient (Wildman–Crippen LogP) is 3.35. The van der Waals surface area contributed by atoms with Crippen molar-refractivity contribution in [3.05, 3.63) is 29.8 Å². The van der Waals surface area contributed by atoms with Crippen molar-refractivity contribution in [1.82, 2.24) is 15.1 Å². The lowest BCUT2D eigenvalue weighted by Crippen LogP contribution is -2.62.